The maximum absolute atomic E-state index is 11.5. The van der Waals surface area contributed by atoms with E-state index in [-0.39, 0.29) is 17.4 Å². The minimum absolute atomic E-state index is 0.0890. The molecule has 0 rings (SSSR count). The molecule has 0 fully saturated rings. The summed E-state index contributed by atoms with van der Waals surface area (Å²) in [5.41, 5.74) is -0.693. The van der Waals surface area contributed by atoms with Gasteiger partial charge in [0.05, 0.1) is 5.75 Å². The number of hydrogen-bond donors (Lipinski definition) is 3. The van der Waals surface area contributed by atoms with Crippen LogP contribution in [0.25, 0.3) is 0 Å². The molecule has 0 heterocycles. The largest absolute Gasteiger partial charge is 0.480 e. The summed E-state index contributed by atoms with van der Waals surface area (Å²) in [4.78, 5) is 33.7. The number of carbonyl (C=O) groups excluding carboxylic acids is 2. The Balaban J connectivity index is 4.21. The molecule has 3 N–H and O–H groups in total. The van der Waals surface area contributed by atoms with Crippen LogP contribution in [-0.4, -0.2) is 52.8 Å². The first-order valence-corrected chi connectivity index (χ1v) is 7.38. The molecule has 0 aromatic heterocycles. The summed E-state index contributed by atoms with van der Waals surface area (Å²) < 4.78 is 4.98. The zero-order valence-electron chi connectivity index (χ0n) is 12.2. The van der Waals surface area contributed by atoms with Gasteiger partial charge < -0.3 is 20.5 Å². The van der Waals surface area contributed by atoms with Gasteiger partial charge in [0.1, 0.15) is 11.6 Å². The van der Waals surface area contributed by atoms with Crippen LogP contribution in [0, 0.1) is 0 Å². The van der Waals surface area contributed by atoms with Crippen LogP contribution in [0.3, 0.4) is 0 Å². The van der Waals surface area contributed by atoms with Crippen LogP contribution >= 0.6 is 11.8 Å². The number of carboxylic acids is 1. The first-order chi connectivity index (χ1) is 9.15. The fraction of sp³-hybridized carbons (Fsp3) is 0.750. The normalized spacial score (nSPS) is 12.4. The Bertz CT molecular complexity index is 354. The van der Waals surface area contributed by atoms with Crippen molar-refractivity contribution >= 4 is 29.7 Å². The predicted molar refractivity (Wildman–Crippen MR) is 76.8 cm³/mol. The monoisotopic (exact) mass is 306 g/mol. The lowest BCUT2D eigenvalue weighted by Gasteiger charge is -2.21. The van der Waals surface area contributed by atoms with E-state index in [0.29, 0.717) is 6.54 Å². The van der Waals surface area contributed by atoms with E-state index in [2.05, 4.69) is 10.6 Å². The summed E-state index contributed by atoms with van der Waals surface area (Å²) in [7, 11) is 0. The highest BCUT2D eigenvalue weighted by molar-refractivity contribution is 8.00. The van der Waals surface area contributed by atoms with Crippen LogP contribution in [0.2, 0.25) is 0 Å². The number of ether oxygens (including phenoxy) is 1. The first-order valence-electron chi connectivity index (χ1n) is 6.22. The number of alkyl carbamates (subject to hydrolysis) is 1. The molecule has 8 heteroatoms. The zero-order chi connectivity index (χ0) is 15.8. The van der Waals surface area contributed by atoms with Gasteiger partial charge in [-0.1, -0.05) is 0 Å². The Kier molecular flexibility index (Phi) is 8.05. The fourth-order valence-electron chi connectivity index (χ4n) is 1.14. The van der Waals surface area contributed by atoms with Gasteiger partial charge in [-0.05, 0) is 27.7 Å². The molecule has 0 saturated heterocycles. The van der Waals surface area contributed by atoms with Crippen LogP contribution in [0.15, 0.2) is 0 Å². The van der Waals surface area contributed by atoms with Gasteiger partial charge >= 0.3 is 12.1 Å². The number of aliphatic carboxylic acids is 1. The molecule has 1 unspecified atom stereocenters. The predicted octanol–water partition coefficient (Wildman–Crippen LogP) is 0.834. The van der Waals surface area contributed by atoms with Gasteiger partial charge in [-0.25, -0.2) is 9.59 Å². The minimum atomic E-state index is -1.17. The van der Waals surface area contributed by atoms with Crippen molar-refractivity contribution in [2.75, 3.05) is 18.1 Å². The quantitative estimate of drug-likeness (QED) is 0.643. The van der Waals surface area contributed by atoms with E-state index < -0.39 is 23.7 Å². The lowest BCUT2D eigenvalue weighted by molar-refractivity contribution is -0.138. The maximum Gasteiger partial charge on any atom is 0.408 e. The third kappa shape index (κ3) is 9.48. The van der Waals surface area contributed by atoms with E-state index in [1.807, 2.05) is 0 Å². The Morgan fingerprint density at radius 3 is 2.35 bits per heavy atom. The standard InChI is InChI=1S/C12H22N2O5S/c1-5-13-9(15)7-20-6-8(10(16)17)14-11(18)19-12(2,3)4/h8H,5-7H2,1-4H3,(H,13,15)(H,14,18)(H,16,17). The van der Waals surface area contributed by atoms with Crippen LogP contribution in [0.1, 0.15) is 27.7 Å². The van der Waals surface area contributed by atoms with Crippen LogP contribution in [0.4, 0.5) is 4.79 Å². The molecule has 0 bridgehead atoms. The summed E-state index contributed by atoms with van der Waals surface area (Å²) in [6.07, 6.45) is -0.788. The molecular formula is C12H22N2O5S. The van der Waals surface area contributed by atoms with Gasteiger partial charge in [0, 0.05) is 12.3 Å². The third-order valence-corrected chi connectivity index (χ3v) is 2.92. The van der Waals surface area contributed by atoms with Crippen molar-refractivity contribution in [1.29, 1.82) is 0 Å². The second-order valence-corrected chi connectivity index (χ2v) is 6.04. The number of carbonyl (C=O) groups is 3. The maximum atomic E-state index is 11.5. The Morgan fingerprint density at radius 1 is 1.30 bits per heavy atom. The second kappa shape index (κ2) is 8.68. The van der Waals surface area contributed by atoms with Crippen molar-refractivity contribution in [3.63, 3.8) is 0 Å². The molecule has 0 radical (unpaired) electrons. The summed E-state index contributed by atoms with van der Waals surface area (Å²) in [6.45, 7) is 7.38. The van der Waals surface area contributed by atoms with Crippen LogP contribution in [0.5, 0.6) is 0 Å². The van der Waals surface area contributed by atoms with E-state index in [1.54, 1.807) is 27.7 Å². The van der Waals surface area contributed by atoms with Crippen molar-refractivity contribution < 1.29 is 24.2 Å². The Hall–Kier alpha value is -1.44. The molecule has 20 heavy (non-hydrogen) atoms. The molecule has 0 spiro atoms. The fourth-order valence-corrected chi connectivity index (χ4v) is 2.01. The first kappa shape index (κ1) is 18.6. The van der Waals surface area contributed by atoms with E-state index in [9.17, 15) is 14.4 Å². The number of nitrogens with one attached hydrogen (secondary N) is 2. The Morgan fingerprint density at radius 2 is 1.90 bits per heavy atom. The van der Waals surface area contributed by atoms with Gasteiger partial charge in [-0.2, -0.15) is 0 Å². The summed E-state index contributed by atoms with van der Waals surface area (Å²) in [5.74, 6) is -1.10. The van der Waals surface area contributed by atoms with Crippen molar-refractivity contribution in [2.24, 2.45) is 0 Å². The average Bonchev–Trinajstić information content (AvgIpc) is 2.25. The third-order valence-electron chi connectivity index (χ3n) is 1.88. The molecule has 0 aliphatic rings. The Labute approximate surface area is 122 Å². The molecule has 7 nitrogen and oxygen atoms in total. The molecule has 116 valence electrons. The molecular weight excluding hydrogens is 284 g/mol. The number of hydrogen-bond acceptors (Lipinski definition) is 5. The highest BCUT2D eigenvalue weighted by Crippen LogP contribution is 2.08. The number of thioether (sulfide) groups is 1. The minimum Gasteiger partial charge on any atom is -0.480 e. The van der Waals surface area contributed by atoms with Crippen molar-refractivity contribution in [3.05, 3.63) is 0 Å². The highest BCUT2D eigenvalue weighted by atomic mass is 32.2. The van der Waals surface area contributed by atoms with Gasteiger partial charge in [0.25, 0.3) is 0 Å². The summed E-state index contributed by atoms with van der Waals surface area (Å²) in [5, 5.41) is 13.9. The zero-order valence-corrected chi connectivity index (χ0v) is 13.0. The molecule has 1 atom stereocenters. The van der Waals surface area contributed by atoms with Crippen molar-refractivity contribution in [2.45, 2.75) is 39.3 Å². The van der Waals surface area contributed by atoms with E-state index in [1.165, 1.54) is 0 Å². The van der Waals surface area contributed by atoms with E-state index >= 15 is 0 Å². The summed E-state index contributed by atoms with van der Waals surface area (Å²) in [6, 6.07) is -1.09. The molecule has 0 aliphatic carbocycles. The number of carboxylic acid groups (broad SMARTS) is 1. The highest BCUT2D eigenvalue weighted by Gasteiger charge is 2.24. The second-order valence-electron chi connectivity index (χ2n) is 5.01. The average molecular weight is 306 g/mol. The number of amides is 2. The van der Waals surface area contributed by atoms with E-state index in [4.69, 9.17) is 9.84 Å². The van der Waals surface area contributed by atoms with Gasteiger partial charge in [-0.15, -0.1) is 11.8 Å². The van der Waals surface area contributed by atoms with Crippen molar-refractivity contribution in [3.8, 4) is 0 Å². The lowest BCUT2D eigenvalue weighted by atomic mass is 10.2. The van der Waals surface area contributed by atoms with Gasteiger partial charge in [0.15, 0.2) is 0 Å². The molecule has 0 aromatic rings. The van der Waals surface area contributed by atoms with E-state index in [0.717, 1.165) is 11.8 Å². The molecule has 2 amide bonds. The van der Waals surface area contributed by atoms with Crippen LogP contribution in [-0.2, 0) is 14.3 Å². The molecule has 0 saturated carbocycles. The smallest absolute Gasteiger partial charge is 0.408 e. The van der Waals surface area contributed by atoms with Crippen molar-refractivity contribution in [1.82, 2.24) is 10.6 Å². The van der Waals surface area contributed by atoms with Gasteiger partial charge in [-0.3, -0.25) is 4.79 Å². The molecule has 0 aliphatic heterocycles. The van der Waals surface area contributed by atoms with Crippen LogP contribution < -0.4 is 10.6 Å². The lowest BCUT2D eigenvalue weighted by Crippen LogP contribution is -2.45. The van der Waals surface area contributed by atoms with Gasteiger partial charge in [0.2, 0.25) is 5.91 Å². The number of rotatable bonds is 7. The summed E-state index contributed by atoms with van der Waals surface area (Å²) >= 11 is 1.13. The molecule has 0 aromatic carbocycles. The topological polar surface area (TPSA) is 105 Å². The SMILES string of the molecule is CCNC(=O)CSCC(NC(=O)OC(C)(C)C)C(=O)O.